The SMILES string of the molecule is C=CC(=O)OCC(O)CNCCCC[Si](OCC)(OCC)OCC. The van der Waals surface area contributed by atoms with E-state index in [2.05, 4.69) is 11.9 Å². The standard InChI is InChI=1S/C16H33NO6Si/c1-5-16(19)20-14-15(18)13-17-11-9-10-12-24(21-6-2,22-7-3)23-8-4/h5,15,17-18H,1,6-14H2,2-4H3. The monoisotopic (exact) mass is 363 g/mol. The summed E-state index contributed by atoms with van der Waals surface area (Å²) in [5.41, 5.74) is 0. The molecule has 0 aromatic rings. The van der Waals surface area contributed by atoms with Gasteiger partial charge in [-0.3, -0.25) is 0 Å². The zero-order valence-electron chi connectivity index (χ0n) is 15.2. The van der Waals surface area contributed by atoms with Crippen LogP contribution in [0, 0.1) is 0 Å². The summed E-state index contributed by atoms with van der Waals surface area (Å²) in [5.74, 6) is -0.530. The summed E-state index contributed by atoms with van der Waals surface area (Å²) >= 11 is 0. The minimum atomic E-state index is -2.55. The Balaban J connectivity index is 3.92. The molecule has 0 aromatic carbocycles. The number of aliphatic hydroxyl groups is 1. The Hall–Kier alpha value is -0.773. The number of carbonyl (C=O) groups is 1. The fourth-order valence-corrected chi connectivity index (χ4v) is 4.84. The summed E-state index contributed by atoms with van der Waals surface area (Å²) in [6.45, 7) is 12.0. The summed E-state index contributed by atoms with van der Waals surface area (Å²) in [4.78, 5) is 10.9. The Kier molecular flexibility index (Phi) is 14.1. The molecule has 0 saturated heterocycles. The van der Waals surface area contributed by atoms with Crippen molar-refractivity contribution in [1.82, 2.24) is 5.32 Å². The third-order valence-electron chi connectivity index (χ3n) is 3.14. The van der Waals surface area contributed by atoms with Crippen molar-refractivity contribution in [1.29, 1.82) is 0 Å². The van der Waals surface area contributed by atoms with Crippen LogP contribution < -0.4 is 5.32 Å². The average molecular weight is 364 g/mol. The lowest BCUT2D eigenvalue weighted by Gasteiger charge is -2.28. The van der Waals surface area contributed by atoms with Crippen LogP contribution >= 0.6 is 0 Å². The lowest BCUT2D eigenvalue weighted by Crippen LogP contribution is -2.46. The van der Waals surface area contributed by atoms with E-state index in [1.54, 1.807) is 0 Å². The third-order valence-corrected chi connectivity index (χ3v) is 6.30. The Labute approximate surface area is 146 Å². The number of hydrogen-bond acceptors (Lipinski definition) is 7. The number of carbonyl (C=O) groups excluding carboxylic acids is 1. The van der Waals surface area contributed by atoms with Gasteiger partial charge in [-0.25, -0.2) is 4.79 Å². The lowest BCUT2D eigenvalue weighted by molar-refractivity contribution is -0.140. The molecule has 0 bridgehead atoms. The summed E-state index contributed by atoms with van der Waals surface area (Å²) in [5, 5.41) is 12.8. The Morgan fingerprint density at radius 2 is 1.75 bits per heavy atom. The van der Waals surface area contributed by atoms with E-state index in [0.29, 0.717) is 26.4 Å². The quantitative estimate of drug-likeness (QED) is 0.186. The van der Waals surface area contributed by atoms with Crippen molar-refractivity contribution in [3.05, 3.63) is 12.7 Å². The van der Waals surface area contributed by atoms with Gasteiger partial charge in [0.1, 0.15) is 12.7 Å². The maximum absolute atomic E-state index is 10.9. The van der Waals surface area contributed by atoms with Gasteiger partial charge in [-0.15, -0.1) is 0 Å². The molecule has 0 aliphatic heterocycles. The van der Waals surface area contributed by atoms with Gasteiger partial charge in [-0.05, 0) is 40.2 Å². The number of ether oxygens (including phenoxy) is 1. The summed E-state index contributed by atoms with van der Waals surface area (Å²) < 4.78 is 22.2. The number of rotatable bonds is 16. The molecule has 0 spiro atoms. The molecule has 8 heteroatoms. The van der Waals surface area contributed by atoms with E-state index in [-0.39, 0.29) is 6.61 Å². The minimum absolute atomic E-state index is 0.0348. The second-order valence-electron chi connectivity index (χ2n) is 5.13. The van der Waals surface area contributed by atoms with Gasteiger partial charge in [0.05, 0.1) is 0 Å². The molecule has 0 aliphatic rings. The zero-order chi connectivity index (χ0) is 18.3. The third kappa shape index (κ3) is 10.9. The second kappa shape index (κ2) is 14.6. The smallest absolute Gasteiger partial charge is 0.460 e. The maximum atomic E-state index is 10.9. The van der Waals surface area contributed by atoms with Gasteiger partial charge in [0, 0.05) is 38.5 Å². The van der Waals surface area contributed by atoms with Crippen molar-refractivity contribution in [3.63, 3.8) is 0 Å². The van der Waals surface area contributed by atoms with Gasteiger partial charge in [-0.2, -0.15) is 0 Å². The highest BCUT2D eigenvalue weighted by Gasteiger charge is 2.39. The molecular weight excluding hydrogens is 330 g/mol. The van der Waals surface area contributed by atoms with Gasteiger partial charge in [0.15, 0.2) is 0 Å². The van der Waals surface area contributed by atoms with Gasteiger partial charge in [0.25, 0.3) is 0 Å². The Bertz CT molecular complexity index is 326. The molecule has 7 nitrogen and oxygen atoms in total. The van der Waals surface area contributed by atoms with Crippen molar-refractivity contribution in [2.75, 3.05) is 39.5 Å². The molecule has 0 fully saturated rings. The highest BCUT2D eigenvalue weighted by Crippen LogP contribution is 2.19. The zero-order valence-corrected chi connectivity index (χ0v) is 16.2. The molecule has 142 valence electrons. The van der Waals surface area contributed by atoms with Crippen LogP contribution in [0.5, 0.6) is 0 Å². The van der Waals surface area contributed by atoms with E-state index in [4.69, 9.17) is 18.0 Å². The fraction of sp³-hybridized carbons (Fsp3) is 0.812. The van der Waals surface area contributed by atoms with Gasteiger partial charge < -0.3 is 28.4 Å². The van der Waals surface area contributed by atoms with Crippen LogP contribution in [0.3, 0.4) is 0 Å². The molecule has 2 N–H and O–H groups in total. The molecule has 0 rings (SSSR count). The molecule has 0 aromatic heterocycles. The summed E-state index contributed by atoms with van der Waals surface area (Å²) in [6.07, 6.45) is 2.19. The highest BCUT2D eigenvalue weighted by atomic mass is 28.4. The van der Waals surface area contributed by atoms with Crippen LogP contribution in [0.1, 0.15) is 33.6 Å². The van der Waals surface area contributed by atoms with Crippen molar-refractivity contribution in [2.24, 2.45) is 0 Å². The summed E-state index contributed by atoms with van der Waals surface area (Å²) in [7, 11) is -2.55. The van der Waals surface area contributed by atoms with Crippen molar-refractivity contribution in [3.8, 4) is 0 Å². The number of hydrogen-bond donors (Lipinski definition) is 2. The Morgan fingerprint density at radius 1 is 1.17 bits per heavy atom. The van der Waals surface area contributed by atoms with Crippen molar-refractivity contribution >= 4 is 14.8 Å². The topological polar surface area (TPSA) is 86.3 Å². The molecule has 0 amide bonds. The predicted molar refractivity (Wildman–Crippen MR) is 94.7 cm³/mol. The van der Waals surface area contributed by atoms with E-state index >= 15 is 0 Å². The van der Waals surface area contributed by atoms with E-state index in [0.717, 1.165) is 31.5 Å². The summed E-state index contributed by atoms with van der Waals surface area (Å²) in [6, 6.07) is 0.781. The van der Waals surface area contributed by atoms with Crippen molar-refractivity contribution < 1.29 is 27.9 Å². The van der Waals surface area contributed by atoms with Crippen molar-refractivity contribution in [2.45, 2.75) is 45.8 Å². The number of aliphatic hydroxyl groups excluding tert-OH is 1. The van der Waals surface area contributed by atoms with Crippen LogP contribution in [-0.2, 0) is 22.8 Å². The molecular formula is C16H33NO6Si. The lowest BCUT2D eigenvalue weighted by atomic mass is 10.3. The molecule has 0 radical (unpaired) electrons. The van der Waals surface area contributed by atoms with Crippen LogP contribution in [0.25, 0.3) is 0 Å². The molecule has 1 atom stereocenters. The first-order chi connectivity index (χ1) is 11.5. The van der Waals surface area contributed by atoms with Crippen LogP contribution in [-0.4, -0.2) is 65.5 Å². The first kappa shape index (κ1) is 23.2. The second-order valence-corrected chi connectivity index (χ2v) is 7.86. The average Bonchev–Trinajstić information content (AvgIpc) is 2.56. The number of unbranched alkanes of at least 4 members (excludes halogenated alkanes) is 1. The van der Waals surface area contributed by atoms with E-state index in [9.17, 15) is 9.90 Å². The number of nitrogens with one attached hydrogen (secondary N) is 1. The van der Waals surface area contributed by atoms with Gasteiger partial charge in [-0.1, -0.05) is 6.58 Å². The maximum Gasteiger partial charge on any atom is 0.500 e. The van der Waals surface area contributed by atoms with E-state index < -0.39 is 20.9 Å². The van der Waals surface area contributed by atoms with Crippen LogP contribution in [0.15, 0.2) is 12.7 Å². The largest absolute Gasteiger partial charge is 0.500 e. The van der Waals surface area contributed by atoms with Crippen LogP contribution in [0.4, 0.5) is 0 Å². The number of esters is 1. The van der Waals surface area contributed by atoms with E-state index in [1.807, 2.05) is 20.8 Å². The highest BCUT2D eigenvalue weighted by molar-refractivity contribution is 6.60. The first-order valence-electron chi connectivity index (χ1n) is 8.63. The normalized spacial score (nSPS) is 12.8. The molecule has 24 heavy (non-hydrogen) atoms. The first-order valence-corrected chi connectivity index (χ1v) is 10.6. The fourth-order valence-electron chi connectivity index (χ4n) is 2.16. The Morgan fingerprint density at radius 3 is 2.25 bits per heavy atom. The van der Waals surface area contributed by atoms with Crippen LogP contribution in [0.2, 0.25) is 6.04 Å². The molecule has 0 saturated carbocycles. The van der Waals surface area contributed by atoms with E-state index in [1.165, 1.54) is 0 Å². The predicted octanol–water partition coefficient (Wildman–Crippen LogP) is 1.49. The minimum Gasteiger partial charge on any atom is -0.460 e. The van der Waals surface area contributed by atoms with Gasteiger partial charge >= 0.3 is 14.8 Å². The molecule has 0 heterocycles. The molecule has 1 unspecified atom stereocenters. The van der Waals surface area contributed by atoms with Gasteiger partial charge in [0.2, 0.25) is 0 Å². The molecule has 0 aliphatic carbocycles.